The molecule has 0 N–H and O–H groups in total. The summed E-state index contributed by atoms with van der Waals surface area (Å²) in [6, 6.07) is 0. The van der Waals surface area contributed by atoms with Crippen LogP contribution in [0, 0.1) is 5.41 Å². The monoisotopic (exact) mass is 462 g/mol. The molecule has 0 saturated carbocycles. The number of rotatable bonds is 18. The molecule has 0 saturated heterocycles. The fourth-order valence-corrected chi connectivity index (χ4v) is 5.49. The molecule has 0 heterocycles. The molecule has 0 radical (unpaired) electrons. The van der Waals surface area contributed by atoms with Gasteiger partial charge < -0.3 is 4.55 Å². The van der Waals surface area contributed by atoms with E-state index in [-0.39, 0.29) is 39.9 Å². The first-order valence-electron chi connectivity index (χ1n) is 12.6. The average molecular weight is 463 g/mol. The average Bonchev–Trinajstić information content (AvgIpc) is 2.69. The van der Waals surface area contributed by atoms with Crippen molar-refractivity contribution >= 4 is 10.1 Å². The molecule has 5 heteroatoms. The third kappa shape index (κ3) is 15.0. The molecule has 176 valence electrons. The van der Waals surface area contributed by atoms with Crippen molar-refractivity contribution in [2.24, 2.45) is 5.41 Å². The van der Waals surface area contributed by atoms with E-state index < -0.39 is 10.1 Å². The fraction of sp³-hybridized carbons (Fsp3) is 0.846. The van der Waals surface area contributed by atoms with Gasteiger partial charge in [0, 0.05) is 4.91 Å². The van der Waals surface area contributed by atoms with Crippen LogP contribution in [0.4, 0.5) is 0 Å². The van der Waals surface area contributed by atoms with Gasteiger partial charge in [-0.05, 0) is 30.8 Å². The van der Waals surface area contributed by atoms with E-state index in [1.165, 1.54) is 96.3 Å². The minimum Gasteiger partial charge on any atom is -0.744 e. The van der Waals surface area contributed by atoms with Crippen molar-refractivity contribution in [3.8, 4) is 0 Å². The summed E-state index contributed by atoms with van der Waals surface area (Å²) in [5.41, 5.74) is 0.414. The first-order chi connectivity index (χ1) is 14.3. The minimum atomic E-state index is -4.33. The first-order valence-corrected chi connectivity index (χ1v) is 14.0. The Labute approximate surface area is 216 Å². The van der Waals surface area contributed by atoms with Crippen LogP contribution < -0.4 is 29.6 Å². The summed E-state index contributed by atoms with van der Waals surface area (Å²) in [4.78, 5) is 0.0870. The van der Waals surface area contributed by atoms with Crippen molar-refractivity contribution in [3.05, 3.63) is 22.6 Å². The van der Waals surface area contributed by atoms with E-state index in [4.69, 9.17) is 0 Å². The van der Waals surface area contributed by atoms with Crippen LogP contribution in [0.25, 0.3) is 0 Å². The molecule has 1 atom stereocenters. The van der Waals surface area contributed by atoms with E-state index in [9.17, 15) is 13.0 Å². The van der Waals surface area contributed by atoms with Crippen LogP contribution in [0.2, 0.25) is 0 Å². The molecule has 31 heavy (non-hydrogen) atoms. The van der Waals surface area contributed by atoms with Crippen molar-refractivity contribution in [1.29, 1.82) is 0 Å². The Kier molecular flexibility index (Phi) is 18.0. The van der Waals surface area contributed by atoms with Gasteiger partial charge in [0.05, 0.1) is 0 Å². The Morgan fingerprint density at radius 3 is 1.58 bits per heavy atom. The molecular weight excluding hydrogens is 415 g/mol. The molecule has 0 aromatic rings. The van der Waals surface area contributed by atoms with Crippen LogP contribution in [-0.4, -0.2) is 13.0 Å². The SMILES string of the molecule is CCCCCCCCCCCCCCCCCCC1(C)C=CC(C)=C(S(=O)(=O)[O-])C1.[Na+]. The molecule has 1 unspecified atom stereocenters. The van der Waals surface area contributed by atoms with Crippen LogP contribution in [0.3, 0.4) is 0 Å². The zero-order valence-corrected chi connectivity index (χ0v) is 23.8. The van der Waals surface area contributed by atoms with Gasteiger partial charge in [0.15, 0.2) is 0 Å². The van der Waals surface area contributed by atoms with Gasteiger partial charge in [0.1, 0.15) is 10.1 Å². The van der Waals surface area contributed by atoms with Gasteiger partial charge in [-0.15, -0.1) is 0 Å². The van der Waals surface area contributed by atoms with E-state index in [1.807, 2.05) is 6.08 Å². The van der Waals surface area contributed by atoms with Crippen LogP contribution in [0.15, 0.2) is 22.6 Å². The third-order valence-electron chi connectivity index (χ3n) is 6.64. The molecule has 1 aliphatic rings. The predicted octanol–water partition coefficient (Wildman–Crippen LogP) is 5.43. The number of hydrogen-bond acceptors (Lipinski definition) is 3. The summed E-state index contributed by atoms with van der Waals surface area (Å²) >= 11 is 0. The smallest absolute Gasteiger partial charge is 0.744 e. The van der Waals surface area contributed by atoms with Crippen molar-refractivity contribution < 1.29 is 42.5 Å². The zero-order valence-electron chi connectivity index (χ0n) is 21.0. The fourth-order valence-electron chi connectivity index (χ4n) is 4.52. The van der Waals surface area contributed by atoms with E-state index in [0.717, 1.165) is 12.8 Å². The summed E-state index contributed by atoms with van der Waals surface area (Å²) in [5.74, 6) is 0. The Morgan fingerprint density at radius 2 is 1.19 bits per heavy atom. The van der Waals surface area contributed by atoms with Crippen LogP contribution >= 0.6 is 0 Å². The third-order valence-corrected chi connectivity index (χ3v) is 7.71. The van der Waals surface area contributed by atoms with Gasteiger partial charge in [0.2, 0.25) is 0 Å². The van der Waals surface area contributed by atoms with Crippen molar-refractivity contribution in [3.63, 3.8) is 0 Å². The minimum absolute atomic E-state index is 0. The van der Waals surface area contributed by atoms with Gasteiger partial charge in [-0.1, -0.05) is 129 Å². The largest absolute Gasteiger partial charge is 1.00 e. The van der Waals surface area contributed by atoms with Crippen molar-refractivity contribution in [2.45, 2.75) is 136 Å². The zero-order chi connectivity index (χ0) is 22.3. The molecule has 3 nitrogen and oxygen atoms in total. The molecular formula is C26H47NaO3S. The normalized spacial score (nSPS) is 19.0. The van der Waals surface area contributed by atoms with E-state index in [2.05, 4.69) is 19.9 Å². The van der Waals surface area contributed by atoms with Gasteiger partial charge in [0.25, 0.3) is 0 Å². The van der Waals surface area contributed by atoms with Crippen molar-refractivity contribution in [1.82, 2.24) is 0 Å². The second-order valence-corrected chi connectivity index (χ2v) is 11.2. The van der Waals surface area contributed by atoms with E-state index in [0.29, 0.717) is 12.0 Å². The van der Waals surface area contributed by atoms with Crippen molar-refractivity contribution in [2.75, 3.05) is 0 Å². The topological polar surface area (TPSA) is 57.2 Å². The van der Waals surface area contributed by atoms with Gasteiger partial charge in [-0.25, -0.2) is 8.42 Å². The summed E-state index contributed by atoms with van der Waals surface area (Å²) in [6.45, 7) is 6.07. The Bertz CT molecular complexity index is 625. The molecule has 0 aromatic heterocycles. The maximum atomic E-state index is 11.5. The number of allylic oxidation sites excluding steroid dienone is 4. The molecule has 0 fully saturated rings. The standard InChI is InChI=1S/C26H48O3S.Na/c1-4-5-6-7-8-9-10-11-12-13-14-15-16-17-18-19-21-26(3)22-20-24(2)25(23-26)30(27,28)29;/h20,22H,4-19,21,23H2,1-3H3,(H,27,28,29);/q;+1/p-1. The summed E-state index contributed by atoms with van der Waals surface area (Å²) in [5, 5.41) is 0. The Hall–Kier alpha value is 0.390. The quantitative estimate of drug-likeness (QED) is 0.155. The van der Waals surface area contributed by atoms with Gasteiger partial charge >= 0.3 is 29.6 Å². The molecule has 1 rings (SSSR count). The summed E-state index contributed by atoms with van der Waals surface area (Å²) in [7, 11) is -4.33. The summed E-state index contributed by atoms with van der Waals surface area (Å²) in [6.07, 6.45) is 26.9. The van der Waals surface area contributed by atoms with Crippen LogP contribution in [-0.2, 0) is 10.1 Å². The van der Waals surface area contributed by atoms with Crippen LogP contribution in [0.5, 0.6) is 0 Å². The van der Waals surface area contributed by atoms with Gasteiger partial charge in [-0.2, -0.15) is 0 Å². The Balaban J connectivity index is 0.00000900. The second kappa shape index (κ2) is 17.8. The number of unbranched alkanes of at least 4 members (excludes halogenated alkanes) is 15. The maximum absolute atomic E-state index is 11.5. The maximum Gasteiger partial charge on any atom is 1.00 e. The Morgan fingerprint density at radius 1 is 0.806 bits per heavy atom. The van der Waals surface area contributed by atoms with E-state index >= 15 is 0 Å². The van der Waals surface area contributed by atoms with Crippen LogP contribution in [0.1, 0.15) is 136 Å². The predicted molar refractivity (Wildman–Crippen MR) is 128 cm³/mol. The molecule has 0 aliphatic heterocycles. The molecule has 1 aliphatic carbocycles. The first kappa shape index (κ1) is 31.4. The van der Waals surface area contributed by atoms with Gasteiger partial charge in [-0.3, -0.25) is 0 Å². The second-order valence-electron chi connectivity index (χ2n) is 9.78. The summed E-state index contributed by atoms with van der Waals surface area (Å²) < 4.78 is 34.4. The molecule has 0 bridgehead atoms. The molecule has 0 spiro atoms. The molecule has 0 amide bonds. The molecule has 0 aromatic carbocycles. The van der Waals surface area contributed by atoms with E-state index in [1.54, 1.807) is 6.92 Å². The number of hydrogen-bond donors (Lipinski definition) is 0.